The summed E-state index contributed by atoms with van der Waals surface area (Å²) in [5.41, 5.74) is 0. The van der Waals surface area contributed by atoms with Crippen molar-refractivity contribution in [2.45, 2.75) is 13.3 Å². The zero-order chi connectivity index (χ0) is 12.8. The van der Waals surface area contributed by atoms with Crippen molar-refractivity contribution < 1.29 is 14.1 Å². The van der Waals surface area contributed by atoms with Gasteiger partial charge in [0.25, 0.3) is 5.91 Å². The van der Waals surface area contributed by atoms with Gasteiger partial charge in [-0.05, 0) is 12.5 Å². The minimum absolute atomic E-state index is 0.0683. The molecule has 0 aromatic carbocycles. The highest BCUT2D eigenvalue weighted by Gasteiger charge is 2.21. The Labute approximate surface area is 97.4 Å². The molecule has 7 heteroatoms. The highest BCUT2D eigenvalue weighted by Crippen LogP contribution is 2.17. The van der Waals surface area contributed by atoms with Gasteiger partial charge in [0.05, 0.1) is 12.1 Å². The van der Waals surface area contributed by atoms with Gasteiger partial charge in [0.2, 0.25) is 0 Å². The third-order valence-electron chi connectivity index (χ3n) is 2.02. The average Bonchev–Trinajstić information content (AvgIpc) is 2.77. The molecule has 0 aliphatic carbocycles. The van der Waals surface area contributed by atoms with E-state index in [4.69, 9.17) is 9.68 Å². The van der Waals surface area contributed by atoms with E-state index in [0.29, 0.717) is 13.0 Å². The number of nitrogens with zero attached hydrogens (tertiary/aromatic N) is 3. The minimum atomic E-state index is -0.717. The topological polar surface area (TPSA) is 100 Å². The fourth-order valence-electron chi connectivity index (χ4n) is 1.30. The second kappa shape index (κ2) is 5.65. The SMILES string of the molecule is CCCN(CC#N)C(=O)c1ccc([N+](=O)[O-])o1. The summed E-state index contributed by atoms with van der Waals surface area (Å²) in [4.78, 5) is 22.8. The van der Waals surface area contributed by atoms with Crippen LogP contribution in [0.4, 0.5) is 5.88 Å². The molecule has 0 atom stereocenters. The monoisotopic (exact) mass is 237 g/mol. The molecule has 1 rings (SSSR count). The van der Waals surface area contributed by atoms with Crippen LogP contribution in [0.25, 0.3) is 0 Å². The number of carbonyl (C=O) groups excluding carboxylic acids is 1. The molecular weight excluding hydrogens is 226 g/mol. The van der Waals surface area contributed by atoms with Crippen LogP contribution in [0.5, 0.6) is 0 Å². The Balaban J connectivity index is 2.85. The summed E-state index contributed by atoms with van der Waals surface area (Å²) in [6.07, 6.45) is 0.691. The summed E-state index contributed by atoms with van der Waals surface area (Å²) in [6, 6.07) is 4.21. The maximum Gasteiger partial charge on any atom is 0.433 e. The van der Waals surface area contributed by atoms with E-state index in [1.54, 1.807) is 0 Å². The molecule has 90 valence electrons. The van der Waals surface area contributed by atoms with Crippen molar-refractivity contribution in [1.82, 2.24) is 4.90 Å². The van der Waals surface area contributed by atoms with E-state index in [1.165, 1.54) is 11.0 Å². The number of rotatable bonds is 5. The van der Waals surface area contributed by atoms with Crippen molar-refractivity contribution >= 4 is 11.8 Å². The van der Waals surface area contributed by atoms with Crippen LogP contribution in [0.1, 0.15) is 23.9 Å². The van der Waals surface area contributed by atoms with E-state index >= 15 is 0 Å². The molecule has 1 amide bonds. The Bertz CT molecular complexity index is 460. The van der Waals surface area contributed by atoms with E-state index in [-0.39, 0.29) is 12.3 Å². The van der Waals surface area contributed by atoms with Crippen LogP contribution < -0.4 is 0 Å². The zero-order valence-electron chi connectivity index (χ0n) is 9.25. The molecule has 17 heavy (non-hydrogen) atoms. The molecule has 1 aromatic heterocycles. The molecule has 7 nitrogen and oxygen atoms in total. The van der Waals surface area contributed by atoms with Crippen LogP contribution in [0.15, 0.2) is 16.5 Å². The van der Waals surface area contributed by atoms with Crippen molar-refractivity contribution in [1.29, 1.82) is 5.26 Å². The van der Waals surface area contributed by atoms with Crippen LogP contribution in [0.3, 0.4) is 0 Å². The van der Waals surface area contributed by atoms with Crippen LogP contribution >= 0.6 is 0 Å². The molecule has 0 fully saturated rings. The highest BCUT2D eigenvalue weighted by molar-refractivity contribution is 5.91. The lowest BCUT2D eigenvalue weighted by Gasteiger charge is -2.16. The van der Waals surface area contributed by atoms with Crippen LogP contribution in [0, 0.1) is 21.4 Å². The van der Waals surface area contributed by atoms with Crippen LogP contribution in [-0.2, 0) is 0 Å². The first-order chi connectivity index (χ1) is 8.10. The molecule has 0 saturated carbocycles. The molecule has 0 N–H and O–H groups in total. The average molecular weight is 237 g/mol. The molecule has 1 heterocycles. The first-order valence-corrected chi connectivity index (χ1v) is 5.00. The second-order valence-corrected chi connectivity index (χ2v) is 3.28. The normalized spacial score (nSPS) is 9.65. The maximum atomic E-state index is 11.8. The number of hydrogen-bond donors (Lipinski definition) is 0. The van der Waals surface area contributed by atoms with E-state index in [1.807, 2.05) is 13.0 Å². The number of amides is 1. The number of nitro groups is 1. The van der Waals surface area contributed by atoms with Crippen LogP contribution in [0.2, 0.25) is 0 Å². The molecule has 0 aliphatic rings. The molecule has 0 unspecified atom stereocenters. The van der Waals surface area contributed by atoms with Gasteiger partial charge in [-0.2, -0.15) is 5.26 Å². The first-order valence-electron chi connectivity index (χ1n) is 5.00. The van der Waals surface area contributed by atoms with Gasteiger partial charge in [-0.15, -0.1) is 0 Å². The molecule has 0 aliphatic heterocycles. The summed E-state index contributed by atoms with van der Waals surface area (Å²) < 4.78 is 4.78. The number of hydrogen-bond acceptors (Lipinski definition) is 5. The quantitative estimate of drug-likeness (QED) is 0.439. The van der Waals surface area contributed by atoms with Crippen molar-refractivity contribution in [2.75, 3.05) is 13.1 Å². The predicted molar refractivity (Wildman–Crippen MR) is 57.2 cm³/mol. The lowest BCUT2D eigenvalue weighted by atomic mass is 10.3. The van der Waals surface area contributed by atoms with Gasteiger partial charge in [-0.25, -0.2) is 0 Å². The minimum Gasteiger partial charge on any atom is -0.395 e. The zero-order valence-corrected chi connectivity index (χ0v) is 9.25. The Morgan fingerprint density at radius 3 is 2.82 bits per heavy atom. The Morgan fingerprint density at radius 1 is 1.65 bits per heavy atom. The van der Waals surface area contributed by atoms with Crippen LogP contribution in [-0.4, -0.2) is 28.8 Å². The van der Waals surface area contributed by atoms with Gasteiger partial charge >= 0.3 is 5.88 Å². The Morgan fingerprint density at radius 2 is 2.35 bits per heavy atom. The predicted octanol–water partition coefficient (Wildman–Crippen LogP) is 1.56. The van der Waals surface area contributed by atoms with Gasteiger partial charge in [0, 0.05) is 6.54 Å². The van der Waals surface area contributed by atoms with E-state index < -0.39 is 16.7 Å². The lowest BCUT2D eigenvalue weighted by Crippen LogP contribution is -2.31. The van der Waals surface area contributed by atoms with Gasteiger partial charge in [-0.3, -0.25) is 14.9 Å². The van der Waals surface area contributed by atoms with E-state index in [9.17, 15) is 14.9 Å². The van der Waals surface area contributed by atoms with Gasteiger partial charge < -0.3 is 9.32 Å². The summed E-state index contributed by atoms with van der Waals surface area (Å²) in [5, 5.41) is 19.0. The van der Waals surface area contributed by atoms with Crippen molar-refractivity contribution in [3.05, 3.63) is 28.0 Å². The number of carbonyl (C=O) groups is 1. The fourth-order valence-corrected chi connectivity index (χ4v) is 1.30. The number of furan rings is 1. The summed E-state index contributed by atoms with van der Waals surface area (Å²) in [7, 11) is 0. The highest BCUT2D eigenvalue weighted by atomic mass is 16.6. The van der Waals surface area contributed by atoms with Crippen molar-refractivity contribution in [3.63, 3.8) is 0 Å². The second-order valence-electron chi connectivity index (χ2n) is 3.28. The molecule has 0 saturated heterocycles. The summed E-state index contributed by atoms with van der Waals surface area (Å²) >= 11 is 0. The molecule has 0 bridgehead atoms. The summed E-state index contributed by atoms with van der Waals surface area (Å²) in [5.74, 6) is -1.12. The van der Waals surface area contributed by atoms with Gasteiger partial charge in [0.1, 0.15) is 11.5 Å². The molecule has 1 aromatic rings. The standard InChI is InChI=1S/C10H11N3O4/c1-2-6-12(7-5-11)10(14)8-3-4-9(17-8)13(15)16/h3-4H,2,6-7H2,1H3. The molecule has 0 radical (unpaired) electrons. The summed E-state index contributed by atoms with van der Waals surface area (Å²) in [6.45, 7) is 2.20. The third kappa shape index (κ3) is 3.04. The third-order valence-corrected chi connectivity index (χ3v) is 2.02. The van der Waals surface area contributed by atoms with E-state index in [0.717, 1.165) is 6.07 Å². The number of nitriles is 1. The van der Waals surface area contributed by atoms with Crippen molar-refractivity contribution in [2.24, 2.45) is 0 Å². The first kappa shape index (κ1) is 12.7. The maximum absolute atomic E-state index is 11.8. The fraction of sp³-hybridized carbons (Fsp3) is 0.400. The van der Waals surface area contributed by atoms with E-state index in [2.05, 4.69) is 0 Å². The Hall–Kier alpha value is -2.36. The lowest BCUT2D eigenvalue weighted by molar-refractivity contribution is -0.402. The van der Waals surface area contributed by atoms with Gasteiger partial charge in [0.15, 0.2) is 5.76 Å². The largest absolute Gasteiger partial charge is 0.433 e. The molecular formula is C10H11N3O4. The van der Waals surface area contributed by atoms with Gasteiger partial charge in [-0.1, -0.05) is 6.92 Å². The molecule has 0 spiro atoms. The van der Waals surface area contributed by atoms with Crippen molar-refractivity contribution in [3.8, 4) is 6.07 Å². The smallest absolute Gasteiger partial charge is 0.395 e. The Kier molecular flexibility index (Phi) is 4.22.